The molecule has 0 fully saturated rings. The molecule has 0 amide bonds. The molecule has 0 atom stereocenters. The van der Waals surface area contributed by atoms with Crippen LogP contribution in [-0.4, -0.2) is 137 Å². The summed E-state index contributed by atoms with van der Waals surface area (Å²) in [6, 6.07) is 39.5. The highest BCUT2D eigenvalue weighted by atomic mass is 127. The first-order chi connectivity index (χ1) is 39.0. The molecule has 0 aromatic heterocycles. The standard InChI is InChI=1S/C64H148I8Si13/c1-73(2,57-65)33-21-41-81(17,42-22-34-74(3,4)58-66)49-29-53-85(54-30-50-82(18,43-23-35-75(5,6)59-67)44-24-36-76(7,8)60-68,55-31-51-83(19,45-25-37-77(9,10)61-69)46-26-38-78(11,12)62-70)56-32-52-84(20,47-27-39-79(13,14)63-71)48-28-40-80(15,16)64-72/h21-64H2,1-20H3. The van der Waals surface area contributed by atoms with E-state index in [9.17, 15) is 0 Å². The number of hydrogen-bond acceptors (Lipinski definition) is 0. The fourth-order valence-electron chi connectivity index (χ4n) is 14.3. The van der Waals surface area contributed by atoms with E-state index in [-0.39, 0.29) is 0 Å². The van der Waals surface area contributed by atoms with Crippen molar-refractivity contribution in [3.05, 3.63) is 0 Å². The zero-order chi connectivity index (χ0) is 65.6. The molecule has 0 aromatic carbocycles. The van der Waals surface area contributed by atoms with Crippen LogP contribution in [0.4, 0.5) is 0 Å². The van der Waals surface area contributed by atoms with Crippen molar-refractivity contribution >= 4 is 286 Å². The Balaban J connectivity index is 8.00. The van der Waals surface area contributed by atoms with Crippen LogP contribution in [0, 0.1) is 0 Å². The second-order valence-electron chi connectivity index (χ2n) is 37.4. The van der Waals surface area contributed by atoms with Crippen molar-refractivity contribution in [2.24, 2.45) is 0 Å². The minimum Gasteiger partial charge on any atom is -0.0897 e. The third kappa shape index (κ3) is 46.0. The first kappa shape index (κ1) is 93.7. The molecule has 0 rings (SSSR count). The van der Waals surface area contributed by atoms with Gasteiger partial charge in [-0.2, -0.15) is 0 Å². The number of hydrogen-bond donors (Lipinski definition) is 0. The topological polar surface area (TPSA) is 0 Å². The Morgan fingerprint density at radius 3 is 0.329 bits per heavy atom. The Morgan fingerprint density at radius 1 is 0.141 bits per heavy atom. The van der Waals surface area contributed by atoms with Crippen LogP contribution in [0.2, 0.25) is 276 Å². The van der Waals surface area contributed by atoms with Crippen molar-refractivity contribution in [1.82, 2.24) is 0 Å². The molecule has 0 unspecified atom stereocenters. The summed E-state index contributed by atoms with van der Waals surface area (Å²) in [5, 5.41) is 0. The number of alkyl halides is 8. The van der Waals surface area contributed by atoms with Gasteiger partial charge in [-0.15, -0.1) is 0 Å². The second kappa shape index (κ2) is 45.6. The molecule has 0 saturated heterocycles. The smallest absolute Gasteiger partial charge is 0.0578 e. The molecular formula is C64H148I8Si13. The van der Waals surface area contributed by atoms with Crippen LogP contribution in [0.1, 0.15) is 77.0 Å². The molecule has 0 heterocycles. The summed E-state index contributed by atoms with van der Waals surface area (Å²) in [6.07, 6.45) is 19.1. The highest BCUT2D eigenvalue weighted by Gasteiger charge is 2.40. The molecular weight excluding hydrogens is 2150 g/mol. The van der Waals surface area contributed by atoms with Gasteiger partial charge in [0.25, 0.3) is 0 Å². The van der Waals surface area contributed by atoms with Crippen molar-refractivity contribution in [2.45, 2.75) is 353 Å². The monoisotopic (exact) mass is 2300 g/mol. The summed E-state index contributed by atoms with van der Waals surface area (Å²) in [5.41, 5.74) is 0. The maximum Gasteiger partial charge on any atom is 0.0578 e. The molecule has 85 heavy (non-hydrogen) atoms. The minimum atomic E-state index is -1.59. The molecule has 0 aliphatic rings. The van der Waals surface area contributed by atoms with E-state index in [4.69, 9.17) is 0 Å². The lowest BCUT2D eigenvalue weighted by Crippen LogP contribution is -2.39. The van der Waals surface area contributed by atoms with Gasteiger partial charge in [-0.25, -0.2) is 0 Å². The van der Waals surface area contributed by atoms with Crippen molar-refractivity contribution in [3.8, 4) is 0 Å². The van der Waals surface area contributed by atoms with Gasteiger partial charge >= 0.3 is 0 Å². The van der Waals surface area contributed by atoms with Crippen LogP contribution >= 0.6 is 181 Å². The molecule has 0 spiro atoms. The van der Waals surface area contributed by atoms with Gasteiger partial charge < -0.3 is 0 Å². The van der Waals surface area contributed by atoms with Gasteiger partial charge in [0.2, 0.25) is 0 Å². The van der Waals surface area contributed by atoms with Gasteiger partial charge in [0.05, 0.1) is 105 Å². The van der Waals surface area contributed by atoms with Crippen molar-refractivity contribution in [2.75, 3.05) is 32.4 Å². The molecule has 0 nitrogen and oxygen atoms in total. The zero-order valence-electron chi connectivity index (χ0n) is 60.6. The lowest BCUT2D eigenvalue weighted by molar-refractivity contribution is 0.834. The Kier molecular flexibility index (Phi) is 50.2. The van der Waals surface area contributed by atoms with Gasteiger partial charge in [0.15, 0.2) is 0 Å². The van der Waals surface area contributed by atoms with Crippen LogP contribution in [0.5, 0.6) is 0 Å². The fourth-order valence-corrected chi connectivity index (χ4v) is 58.4. The summed E-state index contributed by atoms with van der Waals surface area (Å²) in [4.78, 5) is 0. The van der Waals surface area contributed by atoms with Crippen molar-refractivity contribution in [3.63, 3.8) is 0 Å². The molecule has 0 radical (unpaired) electrons. The van der Waals surface area contributed by atoms with E-state index < -0.39 is 105 Å². The van der Waals surface area contributed by atoms with Gasteiger partial charge in [0, 0.05) is 0 Å². The maximum absolute atomic E-state index is 3.00. The molecule has 0 aliphatic heterocycles. The zero-order valence-corrected chi connectivity index (χ0v) is 90.9. The minimum absolute atomic E-state index is 1.08. The highest BCUT2D eigenvalue weighted by Crippen LogP contribution is 2.43. The summed E-state index contributed by atoms with van der Waals surface area (Å²) in [7, 11) is -15.7. The highest BCUT2D eigenvalue weighted by molar-refractivity contribution is 14.1. The normalized spacial score (nSPS) is 14.5. The Bertz CT molecular complexity index is 1400. The lowest BCUT2D eigenvalue weighted by atomic mass is 10.5. The first-order valence-corrected chi connectivity index (χ1v) is 90.3. The van der Waals surface area contributed by atoms with Crippen LogP contribution in [-0.2, 0) is 0 Å². The van der Waals surface area contributed by atoms with Gasteiger partial charge in [-0.05, 0) is 32.4 Å². The summed E-state index contributed by atoms with van der Waals surface area (Å²) < 4.78 is 11.6. The van der Waals surface area contributed by atoms with Crippen LogP contribution in [0.3, 0.4) is 0 Å². The summed E-state index contributed by atoms with van der Waals surface area (Å²) in [6.45, 7) is 55.4. The van der Waals surface area contributed by atoms with E-state index >= 15 is 0 Å². The third-order valence-electron chi connectivity index (χ3n) is 21.9. The van der Waals surface area contributed by atoms with E-state index in [0.29, 0.717) is 0 Å². The Labute approximate surface area is 660 Å². The van der Waals surface area contributed by atoms with E-state index in [1.54, 1.807) is 222 Å². The quantitative estimate of drug-likeness (QED) is 0.0323. The molecule has 0 aromatic rings. The average molecular weight is 2300 g/mol. The maximum atomic E-state index is 3.00. The average Bonchev–Trinajstić information content (AvgIpc) is 3.62. The lowest BCUT2D eigenvalue weighted by Gasteiger charge is -2.39. The van der Waals surface area contributed by atoms with Crippen LogP contribution in [0.15, 0.2) is 0 Å². The van der Waals surface area contributed by atoms with Gasteiger partial charge in [0.1, 0.15) is 0 Å². The third-order valence-corrected chi connectivity index (χ3v) is 115. The largest absolute Gasteiger partial charge is 0.0897 e. The number of rotatable bonds is 56. The molecule has 0 bridgehead atoms. The van der Waals surface area contributed by atoms with E-state index in [1.807, 2.05) is 0 Å². The van der Waals surface area contributed by atoms with Crippen LogP contribution < -0.4 is 0 Å². The van der Waals surface area contributed by atoms with Gasteiger partial charge in [-0.3, -0.25) is 0 Å². The van der Waals surface area contributed by atoms with Crippen molar-refractivity contribution < 1.29 is 0 Å². The first-order valence-electron chi connectivity index (χ1n) is 35.5. The van der Waals surface area contributed by atoms with E-state index in [1.165, 1.54) is 32.4 Å². The second-order valence-corrected chi connectivity index (χ2v) is 122. The predicted octanol–water partition coefficient (Wildman–Crippen LogP) is 29.9. The number of halogens is 8. The molecule has 512 valence electrons. The van der Waals surface area contributed by atoms with Crippen molar-refractivity contribution in [1.29, 1.82) is 0 Å². The SMILES string of the molecule is C[Si](C)(CI)CCC[Si](C)(CCC[Si](C)(C)CI)CCC[Si](CCC[Si](C)(CCC[Si](C)(C)CI)CCC[Si](C)(C)CI)(CCC[Si](C)(CCC[Si](C)(C)CI)CCC[Si](C)(C)CI)CCC[Si](C)(CCC[Si](C)(C)CI)CCC[Si](C)(C)CI. The molecule has 0 saturated carbocycles. The summed E-state index contributed by atoms with van der Waals surface area (Å²) in [5.74, 6) is 0. The molecule has 0 aliphatic carbocycles. The molecule has 21 heteroatoms. The van der Waals surface area contributed by atoms with E-state index in [2.05, 4.69) is 312 Å². The Morgan fingerprint density at radius 2 is 0.235 bits per heavy atom. The van der Waals surface area contributed by atoms with Gasteiger partial charge in [-0.1, -0.05) is 534 Å². The van der Waals surface area contributed by atoms with E-state index in [0.717, 1.165) is 0 Å². The predicted molar refractivity (Wildman–Crippen MR) is 514 cm³/mol. The molecule has 0 N–H and O–H groups in total. The van der Waals surface area contributed by atoms with Crippen LogP contribution in [0.25, 0.3) is 0 Å². The fraction of sp³-hybridized carbons (Fsp3) is 1.00. The summed E-state index contributed by atoms with van der Waals surface area (Å²) >= 11 is 22.1. The Hall–Kier alpha value is 8.66.